The third kappa shape index (κ3) is 5.22. The first kappa shape index (κ1) is 20.0. The van der Waals surface area contributed by atoms with Crippen LogP contribution in [0.1, 0.15) is 38.4 Å². The predicted octanol–water partition coefficient (Wildman–Crippen LogP) is 4.31. The SMILES string of the molecule is O=C(NC(NC(=O)c1ccco1)c1ccc(OCc2ccccc2)cc1)c1ccco1. The maximum absolute atomic E-state index is 12.5. The molecule has 4 rings (SSSR count). The van der Waals surface area contributed by atoms with E-state index in [0.29, 0.717) is 17.9 Å². The first-order valence-corrected chi connectivity index (χ1v) is 9.64. The lowest BCUT2D eigenvalue weighted by Crippen LogP contribution is -2.41. The molecule has 0 spiro atoms. The van der Waals surface area contributed by atoms with Crippen LogP contribution in [0.4, 0.5) is 0 Å². The summed E-state index contributed by atoms with van der Waals surface area (Å²) in [6.45, 7) is 0.439. The summed E-state index contributed by atoms with van der Waals surface area (Å²) in [5.74, 6) is 0.0273. The monoisotopic (exact) mass is 416 g/mol. The second-order valence-corrected chi connectivity index (χ2v) is 6.68. The summed E-state index contributed by atoms with van der Waals surface area (Å²) >= 11 is 0. The van der Waals surface area contributed by atoms with Crippen LogP contribution in [0.15, 0.2) is 100 Å². The van der Waals surface area contributed by atoms with Crippen LogP contribution in [0, 0.1) is 0 Å². The van der Waals surface area contributed by atoms with Gasteiger partial charge < -0.3 is 24.2 Å². The van der Waals surface area contributed by atoms with Crippen LogP contribution in [0.2, 0.25) is 0 Å². The van der Waals surface area contributed by atoms with Gasteiger partial charge in [0.15, 0.2) is 11.5 Å². The molecule has 156 valence electrons. The Bertz CT molecular complexity index is 1060. The smallest absolute Gasteiger partial charge is 0.288 e. The van der Waals surface area contributed by atoms with E-state index in [0.717, 1.165) is 5.56 Å². The van der Waals surface area contributed by atoms with Gasteiger partial charge >= 0.3 is 0 Å². The average Bonchev–Trinajstić information content (AvgIpc) is 3.53. The summed E-state index contributed by atoms with van der Waals surface area (Å²) in [7, 11) is 0. The van der Waals surface area contributed by atoms with E-state index in [2.05, 4.69) is 10.6 Å². The van der Waals surface area contributed by atoms with Crippen molar-refractivity contribution in [3.05, 3.63) is 114 Å². The average molecular weight is 416 g/mol. The first-order chi connectivity index (χ1) is 15.2. The van der Waals surface area contributed by atoms with E-state index in [4.69, 9.17) is 13.6 Å². The molecule has 7 nitrogen and oxygen atoms in total. The molecule has 2 N–H and O–H groups in total. The number of ether oxygens (including phenoxy) is 1. The van der Waals surface area contributed by atoms with Gasteiger partial charge in [-0.1, -0.05) is 42.5 Å². The highest BCUT2D eigenvalue weighted by Gasteiger charge is 2.21. The number of carbonyl (C=O) groups excluding carboxylic acids is 2. The Labute approximate surface area is 178 Å². The summed E-state index contributed by atoms with van der Waals surface area (Å²) in [6, 6.07) is 23.3. The van der Waals surface area contributed by atoms with Crippen molar-refractivity contribution in [2.45, 2.75) is 12.8 Å². The van der Waals surface area contributed by atoms with Crippen molar-refractivity contribution in [1.29, 1.82) is 0 Å². The predicted molar refractivity (Wildman–Crippen MR) is 112 cm³/mol. The number of carbonyl (C=O) groups is 2. The minimum absolute atomic E-state index is 0.139. The quantitative estimate of drug-likeness (QED) is 0.418. The zero-order valence-electron chi connectivity index (χ0n) is 16.5. The Morgan fingerprint density at radius 2 is 1.32 bits per heavy atom. The van der Waals surface area contributed by atoms with Crippen molar-refractivity contribution < 1.29 is 23.2 Å². The fraction of sp³-hybridized carbons (Fsp3) is 0.0833. The molecule has 0 unspecified atom stereocenters. The lowest BCUT2D eigenvalue weighted by Gasteiger charge is -2.20. The fourth-order valence-electron chi connectivity index (χ4n) is 2.92. The van der Waals surface area contributed by atoms with Crippen molar-refractivity contribution in [2.75, 3.05) is 0 Å². The maximum Gasteiger partial charge on any atom is 0.288 e. The molecule has 0 aliphatic carbocycles. The minimum Gasteiger partial charge on any atom is -0.489 e. The molecule has 0 bridgehead atoms. The molecule has 0 aliphatic heterocycles. The Morgan fingerprint density at radius 1 is 0.742 bits per heavy atom. The molecule has 2 amide bonds. The van der Waals surface area contributed by atoms with Gasteiger partial charge in [0.25, 0.3) is 11.8 Å². The van der Waals surface area contributed by atoms with Crippen molar-refractivity contribution in [2.24, 2.45) is 0 Å². The van der Waals surface area contributed by atoms with Gasteiger partial charge in [-0.05, 0) is 47.5 Å². The molecule has 0 saturated carbocycles. The van der Waals surface area contributed by atoms with Crippen LogP contribution < -0.4 is 15.4 Å². The number of rotatable bonds is 8. The number of benzene rings is 2. The van der Waals surface area contributed by atoms with E-state index < -0.39 is 18.0 Å². The van der Waals surface area contributed by atoms with Crippen LogP contribution in [0.3, 0.4) is 0 Å². The third-order valence-corrected chi connectivity index (χ3v) is 4.50. The van der Waals surface area contributed by atoms with Crippen molar-refractivity contribution in [1.82, 2.24) is 10.6 Å². The normalized spacial score (nSPS) is 10.6. The van der Waals surface area contributed by atoms with Crippen LogP contribution >= 0.6 is 0 Å². The molecule has 2 aromatic heterocycles. The number of furan rings is 2. The molecule has 0 radical (unpaired) electrons. The van der Waals surface area contributed by atoms with E-state index >= 15 is 0 Å². The highest BCUT2D eigenvalue weighted by atomic mass is 16.5. The second-order valence-electron chi connectivity index (χ2n) is 6.68. The lowest BCUT2D eigenvalue weighted by atomic mass is 10.1. The zero-order valence-corrected chi connectivity index (χ0v) is 16.5. The topological polar surface area (TPSA) is 93.7 Å². The fourth-order valence-corrected chi connectivity index (χ4v) is 2.92. The molecule has 2 aromatic carbocycles. The van der Waals surface area contributed by atoms with Gasteiger partial charge in [-0.2, -0.15) is 0 Å². The van der Waals surface area contributed by atoms with Crippen LogP contribution in [0.25, 0.3) is 0 Å². The summed E-state index contributed by atoms with van der Waals surface area (Å²) < 4.78 is 16.1. The van der Waals surface area contributed by atoms with Crippen molar-refractivity contribution in [3.8, 4) is 5.75 Å². The summed E-state index contributed by atoms with van der Waals surface area (Å²) in [4.78, 5) is 25.0. The van der Waals surface area contributed by atoms with Crippen LogP contribution in [-0.2, 0) is 6.61 Å². The van der Waals surface area contributed by atoms with E-state index in [1.165, 1.54) is 12.5 Å². The largest absolute Gasteiger partial charge is 0.489 e. The summed E-state index contributed by atoms with van der Waals surface area (Å²) in [5, 5.41) is 5.52. The molecule has 31 heavy (non-hydrogen) atoms. The van der Waals surface area contributed by atoms with Gasteiger partial charge in [-0.3, -0.25) is 9.59 Å². The second kappa shape index (κ2) is 9.49. The third-order valence-electron chi connectivity index (χ3n) is 4.50. The van der Waals surface area contributed by atoms with E-state index in [1.807, 2.05) is 30.3 Å². The van der Waals surface area contributed by atoms with Gasteiger partial charge in [0.05, 0.1) is 12.5 Å². The van der Waals surface area contributed by atoms with E-state index in [1.54, 1.807) is 48.5 Å². The molecule has 0 fully saturated rings. The van der Waals surface area contributed by atoms with Crippen molar-refractivity contribution >= 4 is 11.8 Å². The Balaban J connectivity index is 1.48. The molecule has 0 aliphatic rings. The number of hydrogen-bond acceptors (Lipinski definition) is 5. The number of amides is 2. The van der Waals surface area contributed by atoms with Gasteiger partial charge in [0.2, 0.25) is 0 Å². The molecule has 0 atom stereocenters. The van der Waals surface area contributed by atoms with Crippen LogP contribution in [0.5, 0.6) is 5.75 Å². The molecule has 7 heteroatoms. The maximum atomic E-state index is 12.5. The first-order valence-electron chi connectivity index (χ1n) is 9.64. The standard InChI is InChI=1S/C24H20N2O5/c27-23(20-8-4-14-29-20)25-22(26-24(28)21-9-5-15-30-21)18-10-12-19(13-11-18)31-16-17-6-2-1-3-7-17/h1-15,22H,16H2,(H,25,27)(H,26,28). The summed E-state index contributed by atoms with van der Waals surface area (Å²) in [5.41, 5.74) is 1.72. The highest BCUT2D eigenvalue weighted by Crippen LogP contribution is 2.19. The van der Waals surface area contributed by atoms with Crippen LogP contribution in [-0.4, -0.2) is 11.8 Å². The highest BCUT2D eigenvalue weighted by molar-refractivity contribution is 5.94. The van der Waals surface area contributed by atoms with E-state index in [-0.39, 0.29) is 11.5 Å². The lowest BCUT2D eigenvalue weighted by molar-refractivity contribution is 0.0853. The molecule has 0 saturated heterocycles. The summed E-state index contributed by atoms with van der Waals surface area (Å²) in [6.07, 6.45) is 2.01. The molecule has 2 heterocycles. The number of nitrogens with one attached hydrogen (secondary N) is 2. The van der Waals surface area contributed by atoms with Gasteiger partial charge in [0.1, 0.15) is 18.5 Å². The molecular formula is C24H20N2O5. The Hall–Kier alpha value is -4.26. The van der Waals surface area contributed by atoms with Gasteiger partial charge in [0, 0.05) is 0 Å². The van der Waals surface area contributed by atoms with Crippen molar-refractivity contribution in [3.63, 3.8) is 0 Å². The van der Waals surface area contributed by atoms with E-state index in [9.17, 15) is 9.59 Å². The zero-order chi connectivity index (χ0) is 21.5. The number of hydrogen-bond donors (Lipinski definition) is 2. The Kier molecular flexibility index (Phi) is 6.13. The Morgan fingerprint density at radius 3 is 1.84 bits per heavy atom. The van der Waals surface area contributed by atoms with Gasteiger partial charge in [-0.15, -0.1) is 0 Å². The van der Waals surface area contributed by atoms with Gasteiger partial charge in [-0.25, -0.2) is 0 Å². The minimum atomic E-state index is -0.807. The molecular weight excluding hydrogens is 396 g/mol. The molecule has 4 aromatic rings.